The molecule has 0 bridgehead atoms. The number of anilines is 1. The molecule has 3 aromatic rings. The van der Waals surface area contributed by atoms with E-state index in [0.29, 0.717) is 17.1 Å². The van der Waals surface area contributed by atoms with E-state index in [4.69, 9.17) is 4.74 Å². The third-order valence-corrected chi connectivity index (χ3v) is 3.88. The van der Waals surface area contributed by atoms with Crippen LogP contribution in [0.4, 0.5) is 28.4 Å². The minimum atomic E-state index is -0.359. The molecule has 0 unspecified atom stereocenters. The summed E-state index contributed by atoms with van der Waals surface area (Å²) in [5.74, 6) is 0.115. The van der Waals surface area contributed by atoms with Gasteiger partial charge in [0.25, 0.3) is 0 Å². The Balaban J connectivity index is 1.60. The van der Waals surface area contributed by atoms with Crippen LogP contribution in [0.25, 0.3) is 0 Å². The molecule has 0 aliphatic carbocycles. The number of nitrogens with zero attached hydrogens (tertiary/aromatic N) is 5. The Bertz CT molecular complexity index is 1010. The summed E-state index contributed by atoms with van der Waals surface area (Å²) in [4.78, 5) is 13.0. The first-order valence-corrected chi connectivity index (χ1v) is 8.99. The Morgan fingerprint density at radius 1 is 0.655 bits per heavy atom. The normalized spacial score (nSPS) is 11.1. The molecular weight excluding hydrogens is 366 g/mol. The molecule has 146 valence electrons. The van der Waals surface area contributed by atoms with Gasteiger partial charge in [-0.15, -0.1) is 0 Å². The molecular formula is C22H21N5O2. The number of esters is 1. The Morgan fingerprint density at radius 3 is 1.34 bits per heavy atom. The molecule has 3 aromatic carbocycles. The number of azo groups is 2. The van der Waals surface area contributed by atoms with Crippen molar-refractivity contribution < 1.29 is 9.53 Å². The maximum Gasteiger partial charge on any atom is 0.308 e. The number of benzene rings is 3. The summed E-state index contributed by atoms with van der Waals surface area (Å²) in [5, 5.41) is 16.8. The number of ether oxygens (including phenoxy) is 1. The fraction of sp³-hybridized carbons (Fsp3) is 0.136. The largest absolute Gasteiger partial charge is 0.427 e. The van der Waals surface area contributed by atoms with Gasteiger partial charge in [-0.2, -0.15) is 20.5 Å². The number of hydrogen-bond acceptors (Lipinski definition) is 7. The van der Waals surface area contributed by atoms with E-state index in [1.54, 1.807) is 24.3 Å². The number of carbonyl (C=O) groups excluding carboxylic acids is 1. The van der Waals surface area contributed by atoms with E-state index >= 15 is 0 Å². The molecule has 0 amide bonds. The minimum Gasteiger partial charge on any atom is -0.427 e. The zero-order valence-corrected chi connectivity index (χ0v) is 16.5. The van der Waals surface area contributed by atoms with Crippen molar-refractivity contribution in [2.45, 2.75) is 6.92 Å². The second kappa shape index (κ2) is 9.36. The van der Waals surface area contributed by atoms with Crippen molar-refractivity contribution in [3.05, 3.63) is 72.8 Å². The van der Waals surface area contributed by atoms with Gasteiger partial charge in [0.1, 0.15) is 5.75 Å². The molecule has 7 heteroatoms. The van der Waals surface area contributed by atoms with Gasteiger partial charge in [-0.25, -0.2) is 0 Å². The van der Waals surface area contributed by atoms with E-state index in [9.17, 15) is 4.79 Å². The van der Waals surface area contributed by atoms with Crippen LogP contribution in [0, 0.1) is 0 Å². The predicted octanol–water partition coefficient (Wildman–Crippen LogP) is 6.51. The van der Waals surface area contributed by atoms with Crippen LogP contribution in [-0.4, -0.2) is 20.1 Å². The van der Waals surface area contributed by atoms with Crippen LogP contribution in [0.15, 0.2) is 93.3 Å². The van der Waals surface area contributed by atoms with Crippen LogP contribution in [0.2, 0.25) is 0 Å². The molecule has 0 atom stereocenters. The summed E-state index contributed by atoms with van der Waals surface area (Å²) < 4.78 is 4.98. The van der Waals surface area contributed by atoms with Gasteiger partial charge in [0.2, 0.25) is 0 Å². The Kier molecular flexibility index (Phi) is 6.42. The smallest absolute Gasteiger partial charge is 0.308 e. The molecule has 0 aliphatic rings. The lowest BCUT2D eigenvalue weighted by Crippen LogP contribution is -2.07. The highest BCUT2D eigenvalue weighted by molar-refractivity contribution is 5.69. The van der Waals surface area contributed by atoms with Crippen molar-refractivity contribution in [3.8, 4) is 5.75 Å². The number of rotatable bonds is 6. The summed E-state index contributed by atoms with van der Waals surface area (Å²) in [7, 11) is 3.99. The first-order chi connectivity index (χ1) is 14.0. The average molecular weight is 387 g/mol. The summed E-state index contributed by atoms with van der Waals surface area (Å²) in [6, 6.07) is 21.9. The van der Waals surface area contributed by atoms with E-state index < -0.39 is 0 Å². The fourth-order valence-electron chi connectivity index (χ4n) is 2.38. The lowest BCUT2D eigenvalue weighted by Gasteiger charge is -2.11. The van der Waals surface area contributed by atoms with Crippen LogP contribution in [0.5, 0.6) is 5.75 Å². The molecule has 3 rings (SSSR count). The van der Waals surface area contributed by atoms with E-state index in [0.717, 1.165) is 17.1 Å². The number of carbonyl (C=O) groups is 1. The maximum atomic E-state index is 10.9. The Morgan fingerprint density at radius 2 is 1.00 bits per heavy atom. The third kappa shape index (κ3) is 6.07. The van der Waals surface area contributed by atoms with Crippen molar-refractivity contribution in [2.24, 2.45) is 20.5 Å². The van der Waals surface area contributed by atoms with Crippen LogP contribution in [0.1, 0.15) is 6.92 Å². The van der Waals surface area contributed by atoms with Crippen molar-refractivity contribution in [3.63, 3.8) is 0 Å². The molecule has 0 aliphatic heterocycles. The van der Waals surface area contributed by atoms with Crippen LogP contribution in [0.3, 0.4) is 0 Å². The van der Waals surface area contributed by atoms with Crippen molar-refractivity contribution in [1.82, 2.24) is 0 Å². The van der Waals surface area contributed by atoms with Gasteiger partial charge >= 0.3 is 5.97 Å². The Hall–Kier alpha value is -3.87. The number of hydrogen-bond donors (Lipinski definition) is 0. The highest BCUT2D eigenvalue weighted by atomic mass is 16.5. The Labute approximate surface area is 169 Å². The van der Waals surface area contributed by atoms with Gasteiger partial charge in [0, 0.05) is 26.7 Å². The highest BCUT2D eigenvalue weighted by Crippen LogP contribution is 2.25. The fourth-order valence-corrected chi connectivity index (χ4v) is 2.38. The summed E-state index contributed by atoms with van der Waals surface area (Å²) in [6.07, 6.45) is 0. The molecule has 0 aromatic heterocycles. The van der Waals surface area contributed by atoms with Crippen LogP contribution in [-0.2, 0) is 4.79 Å². The predicted molar refractivity (Wildman–Crippen MR) is 113 cm³/mol. The van der Waals surface area contributed by atoms with Gasteiger partial charge in [-0.1, -0.05) is 0 Å². The molecule has 0 heterocycles. The summed E-state index contributed by atoms with van der Waals surface area (Å²) >= 11 is 0. The van der Waals surface area contributed by atoms with Crippen LogP contribution >= 0.6 is 0 Å². The molecule has 0 fully saturated rings. The van der Waals surface area contributed by atoms with Gasteiger partial charge in [0.15, 0.2) is 0 Å². The summed E-state index contributed by atoms with van der Waals surface area (Å²) in [5.41, 5.74) is 3.98. The van der Waals surface area contributed by atoms with E-state index in [2.05, 4.69) is 20.5 Å². The van der Waals surface area contributed by atoms with Crippen molar-refractivity contribution >= 4 is 34.4 Å². The lowest BCUT2D eigenvalue weighted by molar-refractivity contribution is -0.131. The average Bonchev–Trinajstić information content (AvgIpc) is 2.72. The zero-order valence-electron chi connectivity index (χ0n) is 16.5. The standard InChI is InChI=1S/C22H21N5O2/c1-16(28)29-22-14-10-20(11-15-22)26-24-18-6-4-17(5-7-18)23-25-19-8-12-21(13-9-19)27(2)3/h4-15H,1-3H3. The lowest BCUT2D eigenvalue weighted by atomic mass is 10.3. The van der Waals surface area contributed by atoms with Gasteiger partial charge < -0.3 is 9.64 Å². The van der Waals surface area contributed by atoms with E-state index in [1.165, 1.54) is 6.92 Å². The monoisotopic (exact) mass is 387 g/mol. The van der Waals surface area contributed by atoms with Crippen molar-refractivity contribution in [2.75, 3.05) is 19.0 Å². The molecule has 29 heavy (non-hydrogen) atoms. The summed E-state index contributed by atoms with van der Waals surface area (Å²) in [6.45, 7) is 1.36. The van der Waals surface area contributed by atoms with Crippen LogP contribution < -0.4 is 9.64 Å². The maximum absolute atomic E-state index is 10.9. The van der Waals surface area contributed by atoms with Gasteiger partial charge in [0.05, 0.1) is 22.7 Å². The highest BCUT2D eigenvalue weighted by Gasteiger charge is 1.99. The van der Waals surface area contributed by atoms with E-state index in [-0.39, 0.29) is 5.97 Å². The van der Waals surface area contributed by atoms with Gasteiger partial charge in [-0.05, 0) is 72.8 Å². The van der Waals surface area contributed by atoms with E-state index in [1.807, 2.05) is 67.5 Å². The van der Waals surface area contributed by atoms with Crippen molar-refractivity contribution in [1.29, 1.82) is 0 Å². The second-order valence-corrected chi connectivity index (χ2v) is 6.41. The first kappa shape index (κ1) is 19.9. The zero-order chi connectivity index (χ0) is 20.6. The topological polar surface area (TPSA) is 79.0 Å². The minimum absolute atomic E-state index is 0.359. The molecule has 0 radical (unpaired) electrons. The molecule has 0 spiro atoms. The SMILES string of the molecule is CC(=O)Oc1ccc(N=Nc2ccc(N=Nc3ccc(N(C)C)cc3)cc2)cc1. The third-order valence-electron chi connectivity index (χ3n) is 3.88. The molecule has 0 saturated carbocycles. The molecule has 7 nitrogen and oxygen atoms in total. The quantitative estimate of drug-likeness (QED) is 0.275. The first-order valence-electron chi connectivity index (χ1n) is 8.99. The molecule has 0 saturated heterocycles. The molecule has 0 N–H and O–H groups in total. The second-order valence-electron chi connectivity index (χ2n) is 6.41. The van der Waals surface area contributed by atoms with Gasteiger partial charge in [-0.3, -0.25) is 4.79 Å².